The van der Waals surface area contributed by atoms with Gasteiger partial charge in [-0.25, -0.2) is 13.1 Å². The maximum absolute atomic E-state index is 12.4. The van der Waals surface area contributed by atoms with Crippen LogP contribution in [0.5, 0.6) is 0 Å². The van der Waals surface area contributed by atoms with E-state index in [4.69, 9.17) is 11.6 Å². The molecule has 11 heteroatoms. The molecule has 29 heavy (non-hydrogen) atoms. The molecule has 0 bridgehead atoms. The zero-order chi connectivity index (χ0) is 20.9. The van der Waals surface area contributed by atoms with Crippen LogP contribution >= 0.6 is 22.9 Å². The monoisotopic (exact) mass is 457 g/mol. The summed E-state index contributed by atoms with van der Waals surface area (Å²) in [5, 5.41) is 10.6. The number of nitrogens with one attached hydrogen (secondary N) is 2. The van der Waals surface area contributed by atoms with Gasteiger partial charge in [0, 0.05) is 23.7 Å². The minimum atomic E-state index is -3.75. The van der Waals surface area contributed by atoms with Crippen LogP contribution in [0.3, 0.4) is 0 Å². The van der Waals surface area contributed by atoms with Crippen LogP contribution in [-0.2, 0) is 10.0 Å². The van der Waals surface area contributed by atoms with E-state index >= 15 is 0 Å². The summed E-state index contributed by atoms with van der Waals surface area (Å²) < 4.78 is 27.2. The molecule has 2 heterocycles. The second-order valence-corrected chi connectivity index (χ2v) is 10.5. The molecule has 8 nitrogen and oxygen atoms in total. The highest BCUT2D eigenvalue weighted by Crippen LogP contribution is 2.21. The van der Waals surface area contributed by atoms with Crippen molar-refractivity contribution in [3.05, 3.63) is 34.9 Å². The molecule has 2 aromatic rings. The predicted octanol–water partition coefficient (Wildman–Crippen LogP) is 2.84. The fraction of sp³-hybridized carbons (Fsp3) is 0.500. The van der Waals surface area contributed by atoms with Gasteiger partial charge in [0.05, 0.1) is 0 Å². The third kappa shape index (κ3) is 6.45. The molecule has 1 amide bonds. The molecule has 3 rings (SSSR count). The van der Waals surface area contributed by atoms with Crippen LogP contribution in [0, 0.1) is 5.92 Å². The molecule has 1 aromatic carbocycles. The lowest BCUT2D eigenvalue weighted by atomic mass is 10.0. The van der Waals surface area contributed by atoms with Gasteiger partial charge in [-0.15, -0.1) is 10.2 Å². The highest BCUT2D eigenvalue weighted by Gasteiger charge is 2.21. The molecule has 1 aliphatic heterocycles. The Morgan fingerprint density at radius 3 is 2.79 bits per heavy atom. The van der Waals surface area contributed by atoms with Crippen LogP contribution in [-0.4, -0.2) is 55.6 Å². The third-order valence-corrected chi connectivity index (χ3v) is 7.57. The standard InChI is InChI=1S/C18H24ClN5O3S2/c1-13-4-2-10-24(12-13)11-3-9-20-29(26,27)18-23-22-17(28-18)21-16(25)14-5-7-15(19)8-6-14/h5-8,13,20H,2-4,9-12H2,1H3,(H,21,22,25). The first-order valence-corrected chi connectivity index (χ1v) is 12.1. The van der Waals surface area contributed by atoms with Crippen molar-refractivity contribution in [2.24, 2.45) is 5.92 Å². The van der Waals surface area contributed by atoms with Gasteiger partial charge < -0.3 is 4.90 Å². The number of nitrogens with zero attached hydrogens (tertiary/aromatic N) is 3. The van der Waals surface area contributed by atoms with Gasteiger partial charge in [0.15, 0.2) is 0 Å². The Labute approximate surface area is 179 Å². The van der Waals surface area contributed by atoms with Gasteiger partial charge in [0.25, 0.3) is 15.9 Å². The minimum Gasteiger partial charge on any atom is -0.303 e. The number of anilines is 1. The highest BCUT2D eigenvalue weighted by atomic mass is 35.5. The molecule has 0 radical (unpaired) electrons. The topological polar surface area (TPSA) is 104 Å². The Morgan fingerprint density at radius 2 is 2.07 bits per heavy atom. The number of rotatable bonds is 8. The largest absolute Gasteiger partial charge is 0.303 e. The maximum atomic E-state index is 12.4. The number of aromatic nitrogens is 2. The Morgan fingerprint density at radius 1 is 1.31 bits per heavy atom. The second-order valence-electron chi connectivity index (χ2n) is 7.13. The van der Waals surface area contributed by atoms with E-state index in [-0.39, 0.29) is 9.47 Å². The van der Waals surface area contributed by atoms with Crippen LogP contribution in [0.25, 0.3) is 0 Å². The van der Waals surface area contributed by atoms with E-state index in [1.165, 1.54) is 12.8 Å². The van der Waals surface area contributed by atoms with Gasteiger partial charge in [0.2, 0.25) is 9.47 Å². The zero-order valence-electron chi connectivity index (χ0n) is 16.1. The van der Waals surface area contributed by atoms with E-state index in [9.17, 15) is 13.2 Å². The molecular formula is C18H24ClN5O3S2. The van der Waals surface area contributed by atoms with E-state index in [2.05, 4.69) is 32.1 Å². The van der Waals surface area contributed by atoms with Crippen molar-refractivity contribution in [2.45, 2.75) is 30.5 Å². The Kier molecular flexibility index (Phi) is 7.58. The summed E-state index contributed by atoms with van der Waals surface area (Å²) in [7, 11) is -3.75. The van der Waals surface area contributed by atoms with E-state index < -0.39 is 15.9 Å². The summed E-state index contributed by atoms with van der Waals surface area (Å²) in [5.74, 6) is 0.286. The first kappa shape index (κ1) is 22.1. The molecular weight excluding hydrogens is 434 g/mol. The number of piperidine rings is 1. The lowest BCUT2D eigenvalue weighted by molar-refractivity contribution is 0.102. The highest BCUT2D eigenvalue weighted by molar-refractivity contribution is 7.91. The van der Waals surface area contributed by atoms with Crippen LogP contribution in [0.15, 0.2) is 28.6 Å². The summed E-state index contributed by atoms with van der Waals surface area (Å²) >= 11 is 6.62. The Balaban J connectivity index is 1.49. The van der Waals surface area contributed by atoms with Crippen molar-refractivity contribution in [2.75, 3.05) is 31.5 Å². The fourth-order valence-corrected chi connectivity index (χ4v) is 5.34. The number of hydrogen-bond donors (Lipinski definition) is 2. The number of carbonyl (C=O) groups is 1. The number of amides is 1. The quantitative estimate of drug-likeness (QED) is 0.466. The number of hydrogen-bond acceptors (Lipinski definition) is 7. The molecule has 1 aromatic heterocycles. The molecule has 158 valence electrons. The van der Waals surface area contributed by atoms with Crippen molar-refractivity contribution in [3.63, 3.8) is 0 Å². The van der Waals surface area contributed by atoms with Crippen LogP contribution in [0.1, 0.15) is 36.5 Å². The number of halogens is 1. The smallest absolute Gasteiger partial charge is 0.269 e. The SMILES string of the molecule is CC1CCCN(CCCNS(=O)(=O)c2nnc(NC(=O)c3ccc(Cl)cc3)s2)C1. The fourth-order valence-electron chi connectivity index (χ4n) is 3.20. The number of carbonyl (C=O) groups excluding carboxylic acids is 1. The third-order valence-electron chi connectivity index (χ3n) is 4.65. The molecule has 1 unspecified atom stereocenters. The Hall–Kier alpha value is -1.59. The molecule has 2 N–H and O–H groups in total. The zero-order valence-corrected chi connectivity index (χ0v) is 18.5. The van der Waals surface area contributed by atoms with Gasteiger partial charge in [-0.3, -0.25) is 10.1 Å². The first-order chi connectivity index (χ1) is 13.8. The van der Waals surface area contributed by atoms with Gasteiger partial charge >= 0.3 is 0 Å². The molecule has 1 aliphatic rings. The summed E-state index contributed by atoms with van der Waals surface area (Å²) in [4.78, 5) is 14.6. The van der Waals surface area contributed by atoms with Crippen LogP contribution < -0.4 is 10.0 Å². The number of benzene rings is 1. The summed E-state index contributed by atoms with van der Waals surface area (Å²) in [5.41, 5.74) is 0.388. The predicted molar refractivity (Wildman–Crippen MR) is 114 cm³/mol. The maximum Gasteiger partial charge on any atom is 0.269 e. The summed E-state index contributed by atoms with van der Waals surface area (Å²) in [6, 6.07) is 6.34. The van der Waals surface area contributed by atoms with Gasteiger partial charge in [-0.2, -0.15) is 0 Å². The number of likely N-dealkylation sites (tertiary alicyclic amines) is 1. The first-order valence-electron chi connectivity index (χ1n) is 9.46. The number of sulfonamides is 1. The summed E-state index contributed by atoms with van der Waals surface area (Å²) in [6.07, 6.45) is 3.18. The van der Waals surface area contributed by atoms with Crippen molar-refractivity contribution in [3.8, 4) is 0 Å². The van der Waals surface area contributed by atoms with Crippen molar-refractivity contribution >= 4 is 44.0 Å². The lowest BCUT2D eigenvalue weighted by Gasteiger charge is -2.30. The van der Waals surface area contributed by atoms with E-state index in [1.54, 1.807) is 24.3 Å². The van der Waals surface area contributed by atoms with Gasteiger partial charge in [-0.1, -0.05) is 29.9 Å². The summed E-state index contributed by atoms with van der Waals surface area (Å²) in [6.45, 7) is 5.59. The van der Waals surface area contributed by atoms with Crippen LogP contribution in [0.2, 0.25) is 5.02 Å². The molecule has 1 saturated heterocycles. The lowest BCUT2D eigenvalue weighted by Crippen LogP contribution is -2.36. The average Bonchev–Trinajstić information content (AvgIpc) is 3.15. The minimum absolute atomic E-state index is 0.118. The van der Waals surface area contributed by atoms with Crippen molar-refractivity contribution < 1.29 is 13.2 Å². The molecule has 0 spiro atoms. The van der Waals surface area contributed by atoms with Crippen molar-refractivity contribution in [1.29, 1.82) is 0 Å². The molecule has 1 atom stereocenters. The molecule has 0 saturated carbocycles. The molecule has 0 aliphatic carbocycles. The van der Waals surface area contributed by atoms with Crippen LogP contribution in [0.4, 0.5) is 5.13 Å². The van der Waals surface area contributed by atoms with Gasteiger partial charge in [0.1, 0.15) is 0 Å². The normalized spacial score (nSPS) is 17.9. The van der Waals surface area contributed by atoms with E-state index in [0.29, 0.717) is 23.0 Å². The van der Waals surface area contributed by atoms with Crippen molar-refractivity contribution in [1.82, 2.24) is 19.8 Å². The van der Waals surface area contributed by atoms with E-state index in [0.717, 1.165) is 37.4 Å². The van der Waals surface area contributed by atoms with E-state index in [1.807, 2.05) is 0 Å². The van der Waals surface area contributed by atoms with Gasteiger partial charge in [-0.05, 0) is 62.5 Å². The average molecular weight is 458 g/mol. The second kappa shape index (κ2) is 9.94. The molecule has 1 fully saturated rings. The Bertz CT molecular complexity index is 933.